The Balaban J connectivity index is 2.29. The van der Waals surface area contributed by atoms with Crippen molar-refractivity contribution in [2.45, 2.75) is 19.4 Å². The summed E-state index contributed by atoms with van der Waals surface area (Å²) in [5.41, 5.74) is 0.275. The summed E-state index contributed by atoms with van der Waals surface area (Å²) in [6.45, 7) is 1.68. The third-order valence-corrected chi connectivity index (χ3v) is 4.24. The number of thioether (sulfide) groups is 1. The van der Waals surface area contributed by atoms with Crippen LogP contribution in [-0.2, 0) is 16.0 Å². The van der Waals surface area contributed by atoms with E-state index in [0.717, 1.165) is 0 Å². The minimum Gasteiger partial charge on any atom is -0.508 e. The van der Waals surface area contributed by atoms with E-state index in [1.165, 1.54) is 23.9 Å². The third-order valence-electron chi connectivity index (χ3n) is 3.57. The number of fused-ring (bicyclic) bond motifs is 1. The number of rotatable bonds is 6. The molecule has 1 aromatic heterocycles. The second-order valence-corrected chi connectivity index (χ2v) is 6.17. The van der Waals surface area contributed by atoms with E-state index in [1.54, 1.807) is 19.2 Å². The molecule has 0 radical (unpaired) electrons. The fraction of sp³-hybridized carbons (Fsp3) is 0.312. The van der Waals surface area contributed by atoms with Crippen LogP contribution in [0.15, 0.2) is 27.4 Å². The molecule has 0 aliphatic carbocycles. The molecule has 0 unspecified atom stereocenters. The first kappa shape index (κ1) is 17.9. The van der Waals surface area contributed by atoms with Crippen LogP contribution in [0.25, 0.3) is 11.0 Å². The van der Waals surface area contributed by atoms with Gasteiger partial charge in [-0.2, -0.15) is 11.8 Å². The van der Waals surface area contributed by atoms with Crippen molar-refractivity contribution in [3.05, 3.63) is 39.7 Å². The lowest BCUT2D eigenvalue weighted by Gasteiger charge is -2.14. The van der Waals surface area contributed by atoms with E-state index >= 15 is 0 Å². The molecule has 128 valence electrons. The summed E-state index contributed by atoms with van der Waals surface area (Å²) in [5.74, 6) is -1.50. The molecule has 2 rings (SSSR count). The van der Waals surface area contributed by atoms with Crippen LogP contribution in [0.4, 0.5) is 0 Å². The number of phenols is 1. The number of nitrogens with one attached hydrogen (secondary N) is 1. The number of hydrogen-bond acceptors (Lipinski definition) is 6. The summed E-state index contributed by atoms with van der Waals surface area (Å²) in [7, 11) is 0. The molecule has 0 spiro atoms. The van der Waals surface area contributed by atoms with E-state index in [-0.39, 0.29) is 29.1 Å². The largest absolute Gasteiger partial charge is 0.508 e. The molecule has 0 saturated heterocycles. The van der Waals surface area contributed by atoms with Gasteiger partial charge in [-0.1, -0.05) is 0 Å². The molecule has 0 bridgehead atoms. The molecule has 0 fully saturated rings. The maximum atomic E-state index is 12.1. The molecule has 1 amide bonds. The van der Waals surface area contributed by atoms with Crippen molar-refractivity contribution in [2.24, 2.45) is 0 Å². The summed E-state index contributed by atoms with van der Waals surface area (Å²) >= 11 is 1.30. The van der Waals surface area contributed by atoms with E-state index < -0.39 is 23.5 Å². The molecule has 3 N–H and O–H groups in total. The van der Waals surface area contributed by atoms with Crippen molar-refractivity contribution in [3.8, 4) is 5.75 Å². The molecular formula is C16H17NO6S. The quantitative estimate of drug-likeness (QED) is 0.671. The highest BCUT2D eigenvalue weighted by Gasteiger charge is 2.21. The number of carbonyl (C=O) groups is 2. The van der Waals surface area contributed by atoms with Crippen LogP contribution in [0.2, 0.25) is 0 Å². The molecule has 7 nitrogen and oxygen atoms in total. The topological polar surface area (TPSA) is 117 Å². The number of hydrogen-bond donors (Lipinski definition) is 3. The lowest BCUT2D eigenvalue weighted by atomic mass is 10.0. The minimum atomic E-state index is -1.13. The molecular weight excluding hydrogens is 334 g/mol. The molecule has 0 aliphatic heterocycles. The number of carboxylic acid groups (broad SMARTS) is 1. The molecule has 1 atom stereocenters. The van der Waals surface area contributed by atoms with Crippen LogP contribution in [0.3, 0.4) is 0 Å². The van der Waals surface area contributed by atoms with Crippen LogP contribution in [0, 0.1) is 6.92 Å². The Morgan fingerprint density at radius 2 is 2.08 bits per heavy atom. The highest BCUT2D eigenvalue weighted by atomic mass is 32.2. The van der Waals surface area contributed by atoms with E-state index in [1.807, 2.05) is 0 Å². The normalized spacial score (nSPS) is 12.1. The first-order valence-corrected chi connectivity index (χ1v) is 8.49. The predicted octanol–water partition coefficient (Wildman–Crippen LogP) is 1.28. The molecule has 0 saturated carbocycles. The lowest BCUT2D eigenvalue weighted by Crippen LogP contribution is -2.43. The predicted molar refractivity (Wildman–Crippen MR) is 90.5 cm³/mol. The average Bonchev–Trinajstić information content (AvgIpc) is 2.50. The summed E-state index contributed by atoms with van der Waals surface area (Å²) in [5, 5.41) is 21.5. The fourth-order valence-electron chi connectivity index (χ4n) is 2.33. The van der Waals surface area contributed by atoms with Crippen molar-refractivity contribution in [1.82, 2.24) is 5.32 Å². The third kappa shape index (κ3) is 3.88. The minimum absolute atomic E-state index is 0.0306. The zero-order valence-corrected chi connectivity index (χ0v) is 14.0. The smallest absolute Gasteiger partial charge is 0.340 e. The zero-order chi connectivity index (χ0) is 17.9. The Morgan fingerprint density at radius 1 is 1.38 bits per heavy atom. The monoisotopic (exact) mass is 351 g/mol. The van der Waals surface area contributed by atoms with Gasteiger partial charge in [0.1, 0.15) is 17.4 Å². The van der Waals surface area contributed by atoms with Crippen molar-refractivity contribution in [2.75, 3.05) is 12.0 Å². The Labute approximate surface area is 141 Å². The number of carbonyl (C=O) groups excluding carboxylic acids is 1. The molecule has 1 aromatic carbocycles. The standard InChI is InChI=1S/C16H17NO6S/c1-8-10-4-3-9(18)5-13(10)23-16(22)11(8)6-14(19)17-12(7-24-2)15(20)21/h3-5,12,18H,6-7H2,1-2H3,(H,17,19)(H,20,21)/t12-/m1/s1. The number of benzene rings is 1. The van der Waals surface area contributed by atoms with Gasteiger partial charge in [0.15, 0.2) is 0 Å². The first-order chi connectivity index (χ1) is 11.3. The molecule has 2 aromatic rings. The Kier molecular flexibility index (Phi) is 5.50. The second kappa shape index (κ2) is 7.39. The highest BCUT2D eigenvalue weighted by Crippen LogP contribution is 2.23. The van der Waals surface area contributed by atoms with Crippen LogP contribution >= 0.6 is 11.8 Å². The van der Waals surface area contributed by atoms with Gasteiger partial charge < -0.3 is 19.9 Å². The van der Waals surface area contributed by atoms with E-state index in [2.05, 4.69) is 5.32 Å². The van der Waals surface area contributed by atoms with E-state index in [9.17, 15) is 19.5 Å². The van der Waals surface area contributed by atoms with Gasteiger partial charge in [-0.15, -0.1) is 0 Å². The van der Waals surface area contributed by atoms with Crippen molar-refractivity contribution in [3.63, 3.8) is 0 Å². The zero-order valence-electron chi connectivity index (χ0n) is 13.2. The summed E-state index contributed by atoms with van der Waals surface area (Å²) < 4.78 is 5.14. The van der Waals surface area contributed by atoms with Gasteiger partial charge in [0.05, 0.1) is 12.0 Å². The van der Waals surface area contributed by atoms with Crippen molar-refractivity contribution in [1.29, 1.82) is 0 Å². The van der Waals surface area contributed by atoms with Gasteiger partial charge >= 0.3 is 11.6 Å². The number of phenolic OH excluding ortho intramolecular Hbond substituents is 1. The summed E-state index contributed by atoms with van der Waals surface area (Å²) in [4.78, 5) is 35.3. The maximum absolute atomic E-state index is 12.1. The number of aryl methyl sites for hydroxylation is 1. The number of amides is 1. The molecule has 8 heteroatoms. The lowest BCUT2D eigenvalue weighted by molar-refractivity contribution is -0.141. The van der Waals surface area contributed by atoms with Crippen LogP contribution in [0.5, 0.6) is 5.75 Å². The summed E-state index contributed by atoms with van der Waals surface area (Å²) in [6, 6.07) is 3.36. The first-order valence-electron chi connectivity index (χ1n) is 7.10. The van der Waals surface area contributed by atoms with Gasteiger partial charge in [0.25, 0.3) is 0 Å². The van der Waals surface area contributed by atoms with Gasteiger partial charge in [-0.25, -0.2) is 9.59 Å². The number of aliphatic carboxylic acids is 1. The SMILES string of the molecule is CSC[C@@H](NC(=O)Cc1c(C)c2ccc(O)cc2oc1=O)C(=O)O. The van der Waals surface area contributed by atoms with E-state index in [0.29, 0.717) is 10.9 Å². The summed E-state index contributed by atoms with van der Waals surface area (Å²) in [6.07, 6.45) is 1.46. The van der Waals surface area contributed by atoms with Gasteiger partial charge in [-0.05, 0) is 30.9 Å². The van der Waals surface area contributed by atoms with Gasteiger partial charge in [0, 0.05) is 17.2 Å². The number of carboxylic acids is 1. The van der Waals surface area contributed by atoms with Crippen LogP contribution < -0.4 is 10.9 Å². The highest BCUT2D eigenvalue weighted by molar-refractivity contribution is 7.98. The second-order valence-electron chi connectivity index (χ2n) is 5.26. The Hall–Kier alpha value is -2.48. The molecule has 1 heterocycles. The molecule has 0 aliphatic rings. The van der Waals surface area contributed by atoms with Crippen LogP contribution in [-0.4, -0.2) is 40.1 Å². The van der Waals surface area contributed by atoms with Crippen LogP contribution in [0.1, 0.15) is 11.1 Å². The maximum Gasteiger partial charge on any atom is 0.340 e. The van der Waals surface area contributed by atoms with E-state index in [4.69, 9.17) is 9.52 Å². The van der Waals surface area contributed by atoms with Crippen molar-refractivity contribution < 1.29 is 24.2 Å². The Morgan fingerprint density at radius 3 is 2.71 bits per heavy atom. The van der Waals surface area contributed by atoms with Crippen molar-refractivity contribution >= 4 is 34.6 Å². The van der Waals surface area contributed by atoms with Gasteiger partial charge in [-0.3, -0.25) is 4.79 Å². The molecule has 24 heavy (non-hydrogen) atoms. The fourth-order valence-corrected chi connectivity index (χ4v) is 2.89. The Bertz CT molecular complexity index is 844. The van der Waals surface area contributed by atoms with Gasteiger partial charge in [0.2, 0.25) is 5.91 Å². The number of aromatic hydroxyl groups is 1. The average molecular weight is 351 g/mol.